The minimum absolute atomic E-state index is 0.0708. The van der Waals surface area contributed by atoms with Gasteiger partial charge in [-0.05, 0) is 48.9 Å². The number of aryl methyl sites for hydroxylation is 2. The molecule has 6 nitrogen and oxygen atoms in total. The molecule has 0 radical (unpaired) electrons. The molecule has 0 spiro atoms. The molecule has 156 valence electrons. The van der Waals surface area contributed by atoms with Gasteiger partial charge in [0, 0.05) is 6.54 Å². The first-order valence-corrected chi connectivity index (χ1v) is 12.2. The minimum Gasteiger partial charge on any atom is -0.351 e. The SMILES string of the molecule is CCCCCCNC(=O)C[NH+]1CCN(S(=O)(=O)c2ccc3c(c2)CCC3)CC1. The van der Waals surface area contributed by atoms with Gasteiger partial charge >= 0.3 is 0 Å². The molecule has 0 atom stereocenters. The third-order valence-corrected chi connectivity index (χ3v) is 7.79. The average molecular weight is 409 g/mol. The maximum Gasteiger partial charge on any atom is 0.275 e. The van der Waals surface area contributed by atoms with Crippen LogP contribution >= 0.6 is 0 Å². The number of rotatable bonds is 9. The first kappa shape index (κ1) is 21.3. The van der Waals surface area contributed by atoms with E-state index in [-0.39, 0.29) is 5.91 Å². The zero-order valence-corrected chi connectivity index (χ0v) is 17.8. The Balaban J connectivity index is 1.46. The van der Waals surface area contributed by atoms with Crippen molar-refractivity contribution in [3.63, 3.8) is 0 Å². The van der Waals surface area contributed by atoms with E-state index in [0.717, 1.165) is 43.5 Å². The summed E-state index contributed by atoms with van der Waals surface area (Å²) in [5.41, 5.74) is 2.47. The average Bonchev–Trinajstić information content (AvgIpc) is 3.16. The highest BCUT2D eigenvalue weighted by Crippen LogP contribution is 2.26. The Morgan fingerprint density at radius 2 is 1.86 bits per heavy atom. The maximum atomic E-state index is 13.0. The van der Waals surface area contributed by atoms with Crippen LogP contribution in [0.4, 0.5) is 0 Å². The number of benzene rings is 1. The predicted octanol–water partition coefficient (Wildman–Crippen LogP) is 0.761. The summed E-state index contributed by atoms with van der Waals surface area (Å²) in [7, 11) is -3.44. The minimum atomic E-state index is -3.44. The van der Waals surface area contributed by atoms with Crippen LogP contribution in [0.5, 0.6) is 0 Å². The highest BCUT2D eigenvalue weighted by molar-refractivity contribution is 7.89. The largest absolute Gasteiger partial charge is 0.351 e. The van der Waals surface area contributed by atoms with Crippen molar-refractivity contribution < 1.29 is 18.1 Å². The van der Waals surface area contributed by atoms with Crippen molar-refractivity contribution in [3.05, 3.63) is 29.3 Å². The standard InChI is InChI=1S/C21H33N3O3S/c1-2-3-4-5-11-22-21(25)17-23-12-14-24(15-13-23)28(26,27)20-10-9-18-7-6-8-19(18)16-20/h9-10,16H,2-8,11-15,17H2,1H3,(H,22,25)/p+1. The van der Waals surface area contributed by atoms with E-state index in [1.165, 1.54) is 24.0 Å². The number of amides is 1. The number of piperazine rings is 1. The lowest BCUT2D eigenvalue weighted by molar-refractivity contribution is -0.895. The van der Waals surface area contributed by atoms with Gasteiger partial charge in [0.05, 0.1) is 31.1 Å². The molecule has 1 amide bonds. The van der Waals surface area contributed by atoms with E-state index in [1.54, 1.807) is 10.4 Å². The summed E-state index contributed by atoms with van der Waals surface area (Å²) in [6.45, 7) is 5.63. The topological polar surface area (TPSA) is 70.9 Å². The summed E-state index contributed by atoms with van der Waals surface area (Å²) in [6, 6.07) is 5.59. The molecular formula is C21H34N3O3S+. The lowest BCUT2D eigenvalue weighted by Crippen LogP contribution is -3.15. The van der Waals surface area contributed by atoms with Gasteiger partial charge in [0.2, 0.25) is 10.0 Å². The fourth-order valence-corrected chi connectivity index (χ4v) is 5.64. The molecule has 7 heteroatoms. The van der Waals surface area contributed by atoms with Crippen LogP contribution in [0.25, 0.3) is 0 Å². The smallest absolute Gasteiger partial charge is 0.275 e. The molecule has 1 aromatic rings. The summed E-state index contributed by atoms with van der Waals surface area (Å²) in [4.78, 5) is 13.7. The van der Waals surface area contributed by atoms with E-state index in [4.69, 9.17) is 0 Å². The van der Waals surface area contributed by atoms with E-state index in [9.17, 15) is 13.2 Å². The molecule has 28 heavy (non-hydrogen) atoms. The van der Waals surface area contributed by atoms with Gasteiger partial charge < -0.3 is 10.2 Å². The number of quaternary nitrogens is 1. The van der Waals surface area contributed by atoms with E-state index in [2.05, 4.69) is 12.2 Å². The second-order valence-corrected chi connectivity index (χ2v) is 9.96. The van der Waals surface area contributed by atoms with Gasteiger partial charge in [0.25, 0.3) is 5.91 Å². The quantitative estimate of drug-likeness (QED) is 0.593. The van der Waals surface area contributed by atoms with Crippen molar-refractivity contribution >= 4 is 15.9 Å². The van der Waals surface area contributed by atoms with Crippen molar-refractivity contribution in [2.45, 2.75) is 56.8 Å². The maximum absolute atomic E-state index is 13.0. The van der Waals surface area contributed by atoms with Crippen molar-refractivity contribution in [2.75, 3.05) is 39.3 Å². The van der Waals surface area contributed by atoms with Gasteiger partial charge in [-0.3, -0.25) is 4.79 Å². The third kappa shape index (κ3) is 5.33. The van der Waals surface area contributed by atoms with E-state index < -0.39 is 10.0 Å². The summed E-state index contributed by atoms with van der Waals surface area (Å²) in [6.07, 6.45) is 7.73. The Morgan fingerprint density at radius 1 is 1.11 bits per heavy atom. The molecule has 2 aliphatic rings. The van der Waals surface area contributed by atoms with E-state index >= 15 is 0 Å². The number of unbranched alkanes of at least 4 members (excludes halogenated alkanes) is 3. The molecule has 2 N–H and O–H groups in total. The summed E-state index contributed by atoms with van der Waals surface area (Å²) in [5, 5.41) is 2.99. The summed E-state index contributed by atoms with van der Waals surface area (Å²) in [5.74, 6) is 0.0708. The van der Waals surface area contributed by atoms with Gasteiger partial charge in [-0.2, -0.15) is 4.31 Å². The normalized spacial score (nSPS) is 18.2. The Hall–Kier alpha value is -1.44. The van der Waals surface area contributed by atoms with Gasteiger partial charge in [-0.25, -0.2) is 8.42 Å². The van der Waals surface area contributed by atoms with Gasteiger partial charge in [0.15, 0.2) is 6.54 Å². The molecule has 0 bridgehead atoms. The van der Waals surface area contributed by atoms with Gasteiger partial charge in [-0.1, -0.05) is 32.3 Å². The Kier molecular flexibility index (Phi) is 7.48. The zero-order chi connectivity index (χ0) is 20.0. The molecule has 1 aromatic carbocycles. The lowest BCUT2D eigenvalue weighted by atomic mass is 10.1. The van der Waals surface area contributed by atoms with Crippen LogP contribution in [0.15, 0.2) is 23.1 Å². The monoisotopic (exact) mass is 408 g/mol. The van der Waals surface area contributed by atoms with Crippen LogP contribution < -0.4 is 10.2 Å². The van der Waals surface area contributed by atoms with E-state index in [1.807, 2.05) is 12.1 Å². The van der Waals surface area contributed by atoms with E-state index in [0.29, 0.717) is 37.6 Å². The van der Waals surface area contributed by atoms with Crippen LogP contribution in [-0.4, -0.2) is 57.9 Å². The summed E-state index contributed by atoms with van der Waals surface area (Å²) < 4.78 is 27.5. The molecule has 1 saturated heterocycles. The predicted molar refractivity (Wildman–Crippen MR) is 110 cm³/mol. The third-order valence-electron chi connectivity index (χ3n) is 5.90. The van der Waals surface area contributed by atoms with Crippen LogP contribution in [0.1, 0.15) is 50.2 Å². The first-order valence-electron chi connectivity index (χ1n) is 10.7. The molecule has 3 rings (SSSR count). The summed E-state index contributed by atoms with van der Waals surface area (Å²) >= 11 is 0. The molecule has 0 unspecified atom stereocenters. The van der Waals surface area contributed by atoms with Crippen molar-refractivity contribution in [1.82, 2.24) is 9.62 Å². The molecule has 0 aromatic heterocycles. The molecular weight excluding hydrogens is 374 g/mol. The number of sulfonamides is 1. The molecule has 1 fully saturated rings. The highest BCUT2D eigenvalue weighted by Gasteiger charge is 2.31. The number of carbonyl (C=O) groups excluding carboxylic acids is 1. The van der Waals surface area contributed by atoms with Crippen LogP contribution in [0.2, 0.25) is 0 Å². The Morgan fingerprint density at radius 3 is 2.61 bits per heavy atom. The number of nitrogens with one attached hydrogen (secondary N) is 2. The van der Waals surface area contributed by atoms with Crippen LogP contribution in [0, 0.1) is 0 Å². The number of nitrogens with zero attached hydrogens (tertiary/aromatic N) is 1. The van der Waals surface area contributed by atoms with Crippen molar-refractivity contribution in [1.29, 1.82) is 0 Å². The van der Waals surface area contributed by atoms with Crippen LogP contribution in [-0.2, 0) is 27.7 Å². The first-order chi connectivity index (χ1) is 13.5. The van der Waals surface area contributed by atoms with Crippen molar-refractivity contribution in [3.8, 4) is 0 Å². The van der Waals surface area contributed by atoms with Gasteiger partial charge in [-0.15, -0.1) is 0 Å². The van der Waals surface area contributed by atoms with Crippen LogP contribution in [0.3, 0.4) is 0 Å². The molecule has 0 saturated carbocycles. The van der Waals surface area contributed by atoms with Gasteiger partial charge in [0.1, 0.15) is 0 Å². The fraction of sp³-hybridized carbons (Fsp3) is 0.667. The van der Waals surface area contributed by atoms with Crippen molar-refractivity contribution in [2.24, 2.45) is 0 Å². The lowest BCUT2D eigenvalue weighted by Gasteiger charge is -2.31. The molecule has 1 heterocycles. The highest BCUT2D eigenvalue weighted by atomic mass is 32.2. The number of carbonyl (C=O) groups is 1. The molecule has 1 aliphatic heterocycles. The fourth-order valence-electron chi connectivity index (χ4n) is 4.15. The zero-order valence-electron chi connectivity index (χ0n) is 17.0. The Bertz CT molecular complexity index is 771. The number of hydrogen-bond acceptors (Lipinski definition) is 3. The number of fused-ring (bicyclic) bond motifs is 1. The second-order valence-electron chi connectivity index (χ2n) is 8.03. The second kappa shape index (κ2) is 9.85. The number of hydrogen-bond donors (Lipinski definition) is 2. The molecule has 1 aliphatic carbocycles. The Labute approximate surface area is 169 Å².